The highest BCUT2D eigenvalue weighted by molar-refractivity contribution is 7.95. The number of fused-ring (bicyclic) bond motifs is 1. The van der Waals surface area contributed by atoms with Crippen LogP contribution in [0.5, 0.6) is 11.5 Å². The summed E-state index contributed by atoms with van der Waals surface area (Å²) >= 11 is 15.3. The van der Waals surface area contributed by atoms with Crippen LogP contribution in [0.15, 0.2) is 55.2 Å². The zero-order valence-corrected chi connectivity index (χ0v) is 24.3. The molecule has 0 saturated carbocycles. The average Bonchev–Trinajstić information content (AvgIpc) is 3.55. The van der Waals surface area contributed by atoms with E-state index in [0.29, 0.717) is 45.1 Å². The number of rotatable bonds is 9. The third-order valence-corrected chi connectivity index (χ3v) is 7.45. The summed E-state index contributed by atoms with van der Waals surface area (Å²) in [5.74, 6) is 2.19. The highest BCUT2D eigenvalue weighted by atomic mass is 35.5. The van der Waals surface area contributed by atoms with Gasteiger partial charge >= 0.3 is 0 Å². The first-order valence-electron chi connectivity index (χ1n) is 11.8. The van der Waals surface area contributed by atoms with Crippen LogP contribution in [0.2, 0.25) is 10.0 Å². The molecule has 0 aliphatic carbocycles. The molecule has 0 radical (unpaired) electrons. The van der Waals surface area contributed by atoms with Crippen molar-refractivity contribution >= 4 is 57.9 Å². The second-order valence-corrected chi connectivity index (χ2v) is 10.8. The van der Waals surface area contributed by atoms with E-state index >= 15 is 0 Å². The molecule has 5 aromatic rings. The Labute approximate surface area is 240 Å². The van der Waals surface area contributed by atoms with Crippen LogP contribution in [0.3, 0.4) is 0 Å². The number of hydrogen-bond donors (Lipinski definition) is 0. The number of methoxy groups -OCH3 is 2. The molecule has 0 saturated heterocycles. The van der Waals surface area contributed by atoms with Gasteiger partial charge in [0.25, 0.3) is 0 Å². The molecule has 39 heavy (non-hydrogen) atoms. The van der Waals surface area contributed by atoms with Crippen molar-refractivity contribution < 1.29 is 9.47 Å². The van der Waals surface area contributed by atoms with E-state index < -0.39 is 0 Å². The van der Waals surface area contributed by atoms with E-state index in [1.807, 2.05) is 71.1 Å². The summed E-state index contributed by atoms with van der Waals surface area (Å²) in [6, 6.07) is 7.44. The van der Waals surface area contributed by atoms with Crippen LogP contribution in [0, 0.1) is 0 Å². The Morgan fingerprint density at radius 3 is 2.33 bits per heavy atom. The Balaban J connectivity index is 1.68. The van der Waals surface area contributed by atoms with Gasteiger partial charge in [-0.2, -0.15) is 5.10 Å². The largest absolute Gasteiger partial charge is 0.495 e. The molecule has 0 unspecified atom stereocenters. The van der Waals surface area contributed by atoms with Crippen LogP contribution in [-0.4, -0.2) is 61.3 Å². The molecular formula is C26H26Cl2N8O2S. The standard InChI is InChI=1S/C26H26Cl2N8O2S/c1-33(2)39-36-9-8-29-23(36)15-35(26-24(27)20(37-4)11-21(38-5)25(26)28)22-7-6-18-19(32-22)10-16(12-30-18)17-13-31-34(3)14-17/h6-14H,15H2,1-5H3. The van der Waals surface area contributed by atoms with Gasteiger partial charge in [-0.15, -0.1) is 0 Å². The number of benzene rings is 1. The predicted molar refractivity (Wildman–Crippen MR) is 156 cm³/mol. The van der Waals surface area contributed by atoms with Gasteiger partial charge in [0, 0.05) is 61.2 Å². The summed E-state index contributed by atoms with van der Waals surface area (Å²) < 4.78 is 16.8. The second-order valence-electron chi connectivity index (χ2n) is 8.74. The van der Waals surface area contributed by atoms with E-state index in [0.717, 1.165) is 22.5 Å². The molecule has 4 heterocycles. The Hall–Kier alpha value is -3.51. The van der Waals surface area contributed by atoms with E-state index in [4.69, 9.17) is 37.7 Å². The molecule has 0 spiro atoms. The monoisotopic (exact) mass is 584 g/mol. The summed E-state index contributed by atoms with van der Waals surface area (Å²) in [5.41, 5.74) is 3.79. The molecule has 4 aromatic heterocycles. The Morgan fingerprint density at radius 2 is 1.69 bits per heavy atom. The van der Waals surface area contributed by atoms with Gasteiger partial charge < -0.3 is 14.4 Å². The highest BCUT2D eigenvalue weighted by Gasteiger charge is 2.26. The van der Waals surface area contributed by atoms with Gasteiger partial charge in [-0.1, -0.05) is 23.2 Å². The number of anilines is 2. The fourth-order valence-electron chi connectivity index (χ4n) is 4.08. The third kappa shape index (κ3) is 5.48. The van der Waals surface area contributed by atoms with Gasteiger partial charge in [-0.25, -0.2) is 14.3 Å². The summed E-state index contributed by atoms with van der Waals surface area (Å²) in [7, 11) is 8.89. The number of hydrogen-bond acceptors (Lipinski definition) is 9. The van der Waals surface area contributed by atoms with Gasteiger partial charge in [0.05, 0.1) is 43.7 Å². The molecule has 0 aliphatic rings. The van der Waals surface area contributed by atoms with Crippen LogP contribution in [-0.2, 0) is 13.6 Å². The van der Waals surface area contributed by atoms with Crippen molar-refractivity contribution in [1.82, 2.24) is 33.0 Å². The number of aromatic nitrogens is 6. The van der Waals surface area contributed by atoms with Crippen molar-refractivity contribution in [1.29, 1.82) is 0 Å². The minimum absolute atomic E-state index is 0.303. The van der Waals surface area contributed by atoms with Crippen LogP contribution in [0.25, 0.3) is 22.2 Å². The van der Waals surface area contributed by atoms with Crippen molar-refractivity contribution in [3.8, 4) is 22.6 Å². The number of aryl methyl sites for hydroxylation is 1. The van der Waals surface area contributed by atoms with Crippen molar-refractivity contribution in [2.45, 2.75) is 6.54 Å². The molecule has 1 aromatic carbocycles. The molecule has 13 heteroatoms. The normalized spacial score (nSPS) is 11.4. The maximum absolute atomic E-state index is 6.88. The zero-order valence-electron chi connectivity index (χ0n) is 22.0. The van der Waals surface area contributed by atoms with Gasteiger partial charge in [0.15, 0.2) is 0 Å². The first-order valence-corrected chi connectivity index (χ1v) is 13.3. The average molecular weight is 586 g/mol. The van der Waals surface area contributed by atoms with Crippen LogP contribution in [0.1, 0.15) is 5.82 Å². The number of halogens is 2. The summed E-state index contributed by atoms with van der Waals surface area (Å²) in [5, 5.41) is 4.92. The van der Waals surface area contributed by atoms with Gasteiger partial charge in [-0.3, -0.25) is 13.6 Å². The topological polar surface area (TPSA) is 86.4 Å². The smallest absolute Gasteiger partial charge is 0.143 e. The molecule has 202 valence electrons. The van der Waals surface area contributed by atoms with Crippen LogP contribution < -0.4 is 14.4 Å². The molecule has 0 atom stereocenters. The lowest BCUT2D eigenvalue weighted by Gasteiger charge is -2.27. The number of nitrogens with zero attached hydrogens (tertiary/aromatic N) is 8. The lowest BCUT2D eigenvalue weighted by Crippen LogP contribution is -2.21. The van der Waals surface area contributed by atoms with E-state index in [1.54, 1.807) is 37.4 Å². The highest BCUT2D eigenvalue weighted by Crippen LogP contribution is 2.48. The molecule has 0 bridgehead atoms. The molecule has 0 amide bonds. The SMILES string of the molecule is COc1cc(OC)c(Cl)c(N(Cc2nccn2SN(C)C)c2ccc3ncc(-c4cnn(C)c4)cc3n2)c1Cl. The maximum atomic E-state index is 6.88. The van der Waals surface area contributed by atoms with Crippen molar-refractivity contribution in [3.63, 3.8) is 0 Å². The summed E-state index contributed by atoms with van der Waals surface area (Å²) in [6.07, 6.45) is 9.18. The van der Waals surface area contributed by atoms with Gasteiger partial charge in [-0.05, 0) is 32.3 Å². The molecule has 0 aliphatic heterocycles. The minimum atomic E-state index is 0.303. The molecule has 10 nitrogen and oxygen atoms in total. The number of ether oxygens (including phenoxy) is 2. The van der Waals surface area contributed by atoms with Crippen molar-refractivity contribution in [2.24, 2.45) is 7.05 Å². The lowest BCUT2D eigenvalue weighted by molar-refractivity contribution is 0.394. The molecule has 0 fully saturated rings. The summed E-state index contributed by atoms with van der Waals surface area (Å²) in [6.45, 7) is 0.303. The van der Waals surface area contributed by atoms with E-state index in [2.05, 4.69) is 15.1 Å². The Kier molecular flexibility index (Phi) is 7.85. The minimum Gasteiger partial charge on any atom is -0.495 e. The fourth-order valence-corrected chi connectivity index (χ4v) is 5.45. The van der Waals surface area contributed by atoms with Gasteiger partial charge in [0.1, 0.15) is 33.2 Å². The van der Waals surface area contributed by atoms with E-state index in [9.17, 15) is 0 Å². The first-order chi connectivity index (χ1) is 18.8. The maximum Gasteiger partial charge on any atom is 0.143 e. The number of pyridine rings is 2. The van der Waals surface area contributed by atoms with Crippen molar-refractivity contribution in [2.75, 3.05) is 33.2 Å². The second kappa shape index (κ2) is 11.3. The van der Waals surface area contributed by atoms with E-state index in [-0.39, 0.29) is 0 Å². The molecule has 5 rings (SSSR count). The Morgan fingerprint density at radius 1 is 0.949 bits per heavy atom. The lowest BCUT2D eigenvalue weighted by atomic mass is 10.1. The Bertz CT molecular complexity index is 1610. The molecule has 0 N–H and O–H groups in total. The number of imidazole rings is 1. The van der Waals surface area contributed by atoms with Crippen molar-refractivity contribution in [3.05, 3.63) is 71.1 Å². The van der Waals surface area contributed by atoms with Gasteiger partial charge in [0.2, 0.25) is 0 Å². The van der Waals surface area contributed by atoms with Crippen LogP contribution in [0.4, 0.5) is 11.5 Å². The predicted octanol–water partition coefficient (Wildman–Crippen LogP) is 5.86. The van der Waals surface area contributed by atoms with E-state index in [1.165, 1.54) is 12.1 Å². The summed E-state index contributed by atoms with van der Waals surface area (Å²) in [4.78, 5) is 16.1. The quantitative estimate of drug-likeness (QED) is 0.197. The molecular weight excluding hydrogens is 559 g/mol. The zero-order chi connectivity index (χ0) is 27.7. The first kappa shape index (κ1) is 27.1. The van der Waals surface area contributed by atoms with Crippen LogP contribution >= 0.6 is 35.3 Å². The third-order valence-electron chi connectivity index (χ3n) is 5.89. The fraction of sp³-hybridized carbons (Fsp3) is 0.231.